The monoisotopic (exact) mass is 318 g/mol. The van der Waals surface area contributed by atoms with Crippen LogP contribution in [0.25, 0.3) is 0 Å². The Bertz CT molecular complexity index is 632. The number of aliphatic hydroxyl groups is 1. The number of hydrogen-bond donors (Lipinski definition) is 1. The molecule has 2 aromatic rings. The van der Waals surface area contributed by atoms with Gasteiger partial charge in [-0.2, -0.15) is 0 Å². The minimum Gasteiger partial charge on any atom is -0.497 e. The van der Waals surface area contributed by atoms with Gasteiger partial charge in [-0.05, 0) is 42.3 Å². The van der Waals surface area contributed by atoms with E-state index < -0.39 is 6.10 Å². The van der Waals surface area contributed by atoms with Crippen molar-refractivity contribution in [3.8, 4) is 23.0 Å². The highest BCUT2D eigenvalue weighted by molar-refractivity contribution is 5.47. The molecule has 0 aliphatic rings. The molecule has 1 unspecified atom stereocenters. The van der Waals surface area contributed by atoms with Gasteiger partial charge in [-0.1, -0.05) is 6.07 Å². The van der Waals surface area contributed by atoms with Gasteiger partial charge in [-0.3, -0.25) is 0 Å². The molecule has 0 bridgehead atoms. The maximum Gasteiger partial charge on any atom is 0.161 e. The summed E-state index contributed by atoms with van der Waals surface area (Å²) in [7, 11) is 4.73. The van der Waals surface area contributed by atoms with Crippen LogP contribution in [0.3, 0.4) is 0 Å². The Balaban J connectivity index is 2.39. The third kappa shape index (κ3) is 3.87. The van der Waals surface area contributed by atoms with Gasteiger partial charge in [0, 0.05) is 6.07 Å². The van der Waals surface area contributed by atoms with Gasteiger partial charge in [0.1, 0.15) is 17.6 Å². The van der Waals surface area contributed by atoms with Crippen molar-refractivity contribution in [1.82, 2.24) is 0 Å². The van der Waals surface area contributed by atoms with Crippen LogP contribution in [0.2, 0.25) is 0 Å². The van der Waals surface area contributed by atoms with E-state index in [-0.39, 0.29) is 0 Å². The quantitative estimate of drug-likeness (QED) is 0.849. The smallest absolute Gasteiger partial charge is 0.161 e. The lowest BCUT2D eigenvalue weighted by Crippen LogP contribution is -2.03. The Kier molecular flexibility index (Phi) is 5.71. The summed E-state index contributed by atoms with van der Waals surface area (Å²) in [6.07, 6.45) is -0.830. The lowest BCUT2D eigenvalue weighted by atomic mass is 10.0. The molecule has 5 nitrogen and oxygen atoms in total. The first-order valence-corrected chi connectivity index (χ1v) is 7.34. The summed E-state index contributed by atoms with van der Waals surface area (Å²) in [4.78, 5) is 0. The molecule has 1 atom stereocenters. The summed E-state index contributed by atoms with van der Waals surface area (Å²) in [6, 6.07) is 10.7. The summed E-state index contributed by atoms with van der Waals surface area (Å²) in [6.45, 7) is 2.42. The third-order valence-corrected chi connectivity index (χ3v) is 3.49. The summed E-state index contributed by atoms with van der Waals surface area (Å²) in [5.41, 5.74) is 1.37. The zero-order chi connectivity index (χ0) is 16.8. The SMILES string of the molecule is CCOc1cc(C(O)c2cc(OC)cc(OC)c2)ccc1OC. The highest BCUT2D eigenvalue weighted by Crippen LogP contribution is 2.34. The van der Waals surface area contributed by atoms with E-state index in [0.717, 1.165) is 0 Å². The molecule has 0 spiro atoms. The van der Waals surface area contributed by atoms with Crippen LogP contribution < -0.4 is 18.9 Å². The minimum atomic E-state index is -0.830. The molecule has 124 valence electrons. The van der Waals surface area contributed by atoms with Crippen LogP contribution >= 0.6 is 0 Å². The molecule has 0 radical (unpaired) electrons. The number of hydrogen-bond acceptors (Lipinski definition) is 5. The molecule has 0 aliphatic heterocycles. The standard InChI is InChI=1S/C18H22O5/c1-5-23-17-10-12(6-7-16(17)22-4)18(19)13-8-14(20-2)11-15(9-13)21-3/h6-11,18-19H,5H2,1-4H3. The van der Waals surface area contributed by atoms with Crippen molar-refractivity contribution in [1.29, 1.82) is 0 Å². The van der Waals surface area contributed by atoms with Gasteiger partial charge >= 0.3 is 0 Å². The largest absolute Gasteiger partial charge is 0.497 e. The van der Waals surface area contributed by atoms with E-state index in [0.29, 0.717) is 40.7 Å². The van der Waals surface area contributed by atoms with E-state index in [1.54, 1.807) is 57.7 Å². The van der Waals surface area contributed by atoms with Gasteiger partial charge in [0.05, 0.1) is 27.9 Å². The molecule has 1 N–H and O–H groups in total. The number of benzene rings is 2. The predicted molar refractivity (Wildman–Crippen MR) is 87.8 cm³/mol. The lowest BCUT2D eigenvalue weighted by Gasteiger charge is -2.16. The summed E-state index contributed by atoms with van der Waals surface area (Å²) in [5, 5.41) is 10.7. The second kappa shape index (κ2) is 7.74. The number of methoxy groups -OCH3 is 3. The molecule has 0 saturated carbocycles. The Hall–Kier alpha value is -2.40. The first-order valence-electron chi connectivity index (χ1n) is 7.34. The van der Waals surface area contributed by atoms with E-state index in [9.17, 15) is 5.11 Å². The van der Waals surface area contributed by atoms with Crippen LogP contribution in [-0.2, 0) is 0 Å². The van der Waals surface area contributed by atoms with Crippen LogP contribution in [0.1, 0.15) is 24.2 Å². The Morgan fingerprint density at radius 1 is 0.826 bits per heavy atom. The van der Waals surface area contributed by atoms with Crippen LogP contribution in [0.15, 0.2) is 36.4 Å². The van der Waals surface area contributed by atoms with Crippen molar-refractivity contribution in [3.05, 3.63) is 47.5 Å². The fraction of sp³-hybridized carbons (Fsp3) is 0.333. The minimum absolute atomic E-state index is 0.517. The Labute approximate surface area is 136 Å². The van der Waals surface area contributed by atoms with Gasteiger partial charge < -0.3 is 24.1 Å². The highest BCUT2D eigenvalue weighted by atomic mass is 16.5. The molecule has 0 aliphatic carbocycles. The molecular weight excluding hydrogens is 296 g/mol. The fourth-order valence-electron chi connectivity index (χ4n) is 2.31. The molecule has 0 aromatic heterocycles. The van der Waals surface area contributed by atoms with Gasteiger partial charge in [0.15, 0.2) is 11.5 Å². The zero-order valence-electron chi connectivity index (χ0n) is 13.8. The molecule has 0 fully saturated rings. The highest BCUT2D eigenvalue weighted by Gasteiger charge is 2.16. The Morgan fingerprint density at radius 3 is 2.00 bits per heavy atom. The molecular formula is C18H22O5. The first-order chi connectivity index (χ1) is 11.1. The van der Waals surface area contributed by atoms with Gasteiger partial charge in [0.25, 0.3) is 0 Å². The molecule has 0 amide bonds. The summed E-state index contributed by atoms with van der Waals surface area (Å²) >= 11 is 0. The van der Waals surface area contributed by atoms with Crippen molar-refractivity contribution in [2.45, 2.75) is 13.0 Å². The van der Waals surface area contributed by atoms with Crippen molar-refractivity contribution in [3.63, 3.8) is 0 Å². The summed E-state index contributed by atoms with van der Waals surface area (Å²) < 4.78 is 21.3. The average molecular weight is 318 g/mol. The van der Waals surface area contributed by atoms with Gasteiger partial charge in [-0.15, -0.1) is 0 Å². The number of aliphatic hydroxyl groups excluding tert-OH is 1. The van der Waals surface area contributed by atoms with Crippen molar-refractivity contribution in [2.24, 2.45) is 0 Å². The van der Waals surface area contributed by atoms with E-state index in [1.807, 2.05) is 6.92 Å². The zero-order valence-corrected chi connectivity index (χ0v) is 13.8. The topological polar surface area (TPSA) is 57.2 Å². The molecule has 0 heterocycles. The van der Waals surface area contributed by atoms with E-state index in [1.165, 1.54) is 0 Å². The van der Waals surface area contributed by atoms with Crippen molar-refractivity contribution >= 4 is 0 Å². The van der Waals surface area contributed by atoms with Crippen LogP contribution in [0.4, 0.5) is 0 Å². The summed E-state index contributed by atoms with van der Waals surface area (Å²) in [5.74, 6) is 2.47. The van der Waals surface area contributed by atoms with Crippen LogP contribution in [-0.4, -0.2) is 33.0 Å². The maximum absolute atomic E-state index is 10.7. The molecule has 2 aromatic carbocycles. The predicted octanol–water partition coefficient (Wildman–Crippen LogP) is 3.19. The van der Waals surface area contributed by atoms with Crippen LogP contribution in [0, 0.1) is 0 Å². The van der Waals surface area contributed by atoms with E-state index in [2.05, 4.69) is 0 Å². The molecule has 0 saturated heterocycles. The number of rotatable bonds is 7. The average Bonchev–Trinajstić information content (AvgIpc) is 2.60. The second-order valence-electron chi connectivity index (χ2n) is 4.89. The fourth-order valence-corrected chi connectivity index (χ4v) is 2.31. The van der Waals surface area contributed by atoms with E-state index >= 15 is 0 Å². The normalized spacial score (nSPS) is 11.7. The second-order valence-corrected chi connectivity index (χ2v) is 4.89. The van der Waals surface area contributed by atoms with Crippen molar-refractivity contribution in [2.75, 3.05) is 27.9 Å². The first kappa shape index (κ1) is 17.0. The van der Waals surface area contributed by atoms with Crippen LogP contribution in [0.5, 0.6) is 23.0 Å². The molecule has 23 heavy (non-hydrogen) atoms. The van der Waals surface area contributed by atoms with Gasteiger partial charge in [0.2, 0.25) is 0 Å². The van der Waals surface area contributed by atoms with E-state index in [4.69, 9.17) is 18.9 Å². The van der Waals surface area contributed by atoms with Gasteiger partial charge in [-0.25, -0.2) is 0 Å². The molecule has 5 heteroatoms. The Morgan fingerprint density at radius 2 is 1.48 bits per heavy atom. The molecule has 2 rings (SSSR count). The lowest BCUT2D eigenvalue weighted by molar-refractivity contribution is 0.218. The number of ether oxygens (including phenoxy) is 4. The van der Waals surface area contributed by atoms with Crippen molar-refractivity contribution < 1.29 is 24.1 Å². The maximum atomic E-state index is 10.7. The third-order valence-electron chi connectivity index (χ3n) is 3.49.